The second kappa shape index (κ2) is 5.90. The molecule has 0 aliphatic rings. The number of rotatable bonds is 3. The number of ether oxygens (including phenoxy) is 1. The van der Waals surface area contributed by atoms with Crippen LogP contribution < -0.4 is 10.5 Å². The molecule has 1 aromatic carbocycles. The summed E-state index contributed by atoms with van der Waals surface area (Å²) >= 11 is 9.34. The monoisotopic (exact) mass is 341 g/mol. The molecule has 2 rings (SSSR count). The molecular weight excluding hydrogens is 334 g/mol. The zero-order valence-corrected chi connectivity index (χ0v) is 11.9. The first-order valence-electron chi connectivity index (χ1n) is 5.18. The summed E-state index contributed by atoms with van der Waals surface area (Å²) in [6.07, 6.45) is 0. The van der Waals surface area contributed by atoms with Crippen LogP contribution in [0.2, 0.25) is 5.02 Å². The molecule has 19 heavy (non-hydrogen) atoms. The van der Waals surface area contributed by atoms with Gasteiger partial charge in [-0.1, -0.05) is 38.8 Å². The summed E-state index contributed by atoms with van der Waals surface area (Å²) in [5.74, 6) is 0.676. The minimum atomic E-state index is -0.0904. The Morgan fingerprint density at radius 1 is 1.37 bits per heavy atom. The smallest absolute Gasteiger partial charge is 0.219 e. The molecule has 0 aliphatic carbocycles. The van der Waals surface area contributed by atoms with Gasteiger partial charge in [0, 0.05) is 10.5 Å². The van der Waals surface area contributed by atoms with Crippen molar-refractivity contribution in [2.45, 2.75) is 0 Å². The molecule has 0 bridgehead atoms. The van der Waals surface area contributed by atoms with E-state index in [0.717, 1.165) is 4.47 Å². The van der Waals surface area contributed by atoms with Crippen molar-refractivity contribution in [3.63, 3.8) is 0 Å². The topological polar surface area (TPSA) is 80.7 Å². The van der Waals surface area contributed by atoms with E-state index >= 15 is 0 Å². The Morgan fingerprint density at radius 2 is 2.16 bits per heavy atom. The molecule has 0 fully saturated rings. The Labute approximate surface area is 122 Å². The van der Waals surface area contributed by atoms with Crippen LogP contribution >= 0.6 is 27.5 Å². The van der Waals surface area contributed by atoms with Crippen molar-refractivity contribution in [1.82, 2.24) is 4.98 Å². The largest absolute Gasteiger partial charge is 0.437 e. The number of hydrogen-bond acceptors (Lipinski definition) is 4. The van der Waals surface area contributed by atoms with Crippen LogP contribution in [0.1, 0.15) is 5.69 Å². The van der Waals surface area contributed by atoms with Crippen LogP contribution in [-0.4, -0.2) is 16.0 Å². The lowest BCUT2D eigenvalue weighted by Crippen LogP contribution is -2.14. The van der Waals surface area contributed by atoms with Crippen molar-refractivity contribution in [1.29, 1.82) is 0 Å². The van der Waals surface area contributed by atoms with Crippen LogP contribution in [0.25, 0.3) is 0 Å². The van der Waals surface area contributed by atoms with Crippen LogP contribution in [0.15, 0.2) is 46.0 Å². The third kappa shape index (κ3) is 3.36. The molecule has 0 radical (unpaired) electrons. The van der Waals surface area contributed by atoms with Gasteiger partial charge in [0.2, 0.25) is 5.88 Å². The molecule has 7 heteroatoms. The Balaban J connectivity index is 2.28. The van der Waals surface area contributed by atoms with Crippen molar-refractivity contribution < 1.29 is 9.94 Å². The summed E-state index contributed by atoms with van der Waals surface area (Å²) in [4.78, 5) is 4.09. The standard InChI is InChI=1S/C12H9BrClN3O2/c13-7-4-5-10(8(14)6-7)19-11-3-1-2-9(16-11)12(15)17-18/h1-6,18H,(H2,15,17). The second-order valence-corrected chi connectivity index (χ2v) is 4.85. The summed E-state index contributed by atoms with van der Waals surface area (Å²) in [5, 5.41) is 11.9. The number of benzene rings is 1. The van der Waals surface area contributed by atoms with Crippen LogP contribution in [0, 0.1) is 0 Å². The normalized spacial score (nSPS) is 11.4. The number of nitrogens with zero attached hydrogens (tertiary/aromatic N) is 2. The predicted molar refractivity (Wildman–Crippen MR) is 76.0 cm³/mol. The summed E-state index contributed by atoms with van der Waals surface area (Å²) in [5.41, 5.74) is 5.77. The molecule has 0 amide bonds. The molecule has 0 saturated heterocycles. The number of oxime groups is 1. The van der Waals surface area contributed by atoms with E-state index in [-0.39, 0.29) is 5.84 Å². The van der Waals surface area contributed by atoms with E-state index in [0.29, 0.717) is 22.3 Å². The van der Waals surface area contributed by atoms with Crippen molar-refractivity contribution in [3.05, 3.63) is 51.6 Å². The van der Waals surface area contributed by atoms with Crippen LogP contribution in [0.5, 0.6) is 11.6 Å². The summed E-state index contributed by atoms with van der Waals surface area (Å²) in [7, 11) is 0. The fraction of sp³-hybridized carbons (Fsp3) is 0. The lowest BCUT2D eigenvalue weighted by atomic mass is 10.3. The van der Waals surface area contributed by atoms with Gasteiger partial charge in [0.05, 0.1) is 5.02 Å². The number of halogens is 2. The molecule has 0 atom stereocenters. The first kappa shape index (κ1) is 13.6. The quantitative estimate of drug-likeness (QED) is 0.388. The SMILES string of the molecule is NC(=NO)c1cccc(Oc2ccc(Br)cc2Cl)n1. The number of aromatic nitrogens is 1. The molecule has 5 nitrogen and oxygen atoms in total. The van der Waals surface area contributed by atoms with Crippen LogP contribution in [0.3, 0.4) is 0 Å². The van der Waals surface area contributed by atoms with Gasteiger partial charge in [0.15, 0.2) is 5.84 Å². The maximum Gasteiger partial charge on any atom is 0.219 e. The van der Waals surface area contributed by atoms with Crippen molar-refractivity contribution in [2.75, 3.05) is 0 Å². The Morgan fingerprint density at radius 3 is 2.84 bits per heavy atom. The first-order valence-corrected chi connectivity index (χ1v) is 6.35. The fourth-order valence-electron chi connectivity index (χ4n) is 1.34. The highest BCUT2D eigenvalue weighted by Gasteiger charge is 2.07. The third-order valence-electron chi connectivity index (χ3n) is 2.20. The zero-order valence-electron chi connectivity index (χ0n) is 9.55. The Kier molecular flexibility index (Phi) is 4.24. The van der Waals surface area contributed by atoms with Gasteiger partial charge in [0.1, 0.15) is 11.4 Å². The van der Waals surface area contributed by atoms with Gasteiger partial charge in [0.25, 0.3) is 0 Å². The average Bonchev–Trinajstić information content (AvgIpc) is 2.41. The van der Waals surface area contributed by atoms with Gasteiger partial charge in [-0.15, -0.1) is 0 Å². The highest BCUT2D eigenvalue weighted by atomic mass is 79.9. The van der Waals surface area contributed by atoms with Gasteiger partial charge in [-0.25, -0.2) is 4.98 Å². The zero-order chi connectivity index (χ0) is 13.8. The number of amidine groups is 1. The first-order chi connectivity index (χ1) is 9.10. The molecular formula is C12H9BrClN3O2. The third-order valence-corrected chi connectivity index (χ3v) is 2.99. The molecule has 3 N–H and O–H groups in total. The summed E-state index contributed by atoms with van der Waals surface area (Å²) < 4.78 is 6.39. The van der Waals surface area contributed by atoms with E-state index in [1.54, 1.807) is 36.4 Å². The molecule has 0 spiro atoms. The maximum atomic E-state index is 8.60. The summed E-state index contributed by atoms with van der Waals surface area (Å²) in [6, 6.07) is 10.2. The van der Waals surface area contributed by atoms with Gasteiger partial charge >= 0.3 is 0 Å². The minimum Gasteiger partial charge on any atom is -0.437 e. The number of pyridine rings is 1. The maximum absolute atomic E-state index is 8.60. The second-order valence-electron chi connectivity index (χ2n) is 3.52. The van der Waals surface area contributed by atoms with Crippen molar-refractivity contribution in [2.24, 2.45) is 10.9 Å². The van der Waals surface area contributed by atoms with Crippen LogP contribution in [-0.2, 0) is 0 Å². The van der Waals surface area contributed by atoms with Gasteiger partial charge in [-0.3, -0.25) is 0 Å². The molecule has 1 aromatic heterocycles. The van der Waals surface area contributed by atoms with Crippen LogP contribution in [0.4, 0.5) is 0 Å². The minimum absolute atomic E-state index is 0.0904. The van der Waals surface area contributed by atoms with Crippen molar-refractivity contribution in [3.8, 4) is 11.6 Å². The molecule has 2 aromatic rings. The van der Waals surface area contributed by atoms with E-state index in [4.69, 9.17) is 27.3 Å². The molecule has 1 heterocycles. The van der Waals surface area contributed by atoms with Gasteiger partial charge < -0.3 is 15.7 Å². The highest BCUT2D eigenvalue weighted by Crippen LogP contribution is 2.30. The van der Waals surface area contributed by atoms with E-state index in [9.17, 15) is 0 Å². The molecule has 0 saturated carbocycles. The van der Waals surface area contributed by atoms with Gasteiger partial charge in [-0.05, 0) is 24.3 Å². The van der Waals surface area contributed by atoms with E-state index in [2.05, 4.69) is 26.1 Å². The van der Waals surface area contributed by atoms with E-state index < -0.39 is 0 Å². The molecule has 0 unspecified atom stereocenters. The molecule has 0 aliphatic heterocycles. The number of nitrogens with two attached hydrogens (primary N) is 1. The number of hydrogen-bond donors (Lipinski definition) is 2. The lowest BCUT2D eigenvalue weighted by molar-refractivity contribution is 0.318. The van der Waals surface area contributed by atoms with Gasteiger partial charge in [-0.2, -0.15) is 0 Å². The molecule has 98 valence electrons. The Bertz CT molecular complexity index is 634. The van der Waals surface area contributed by atoms with Crippen molar-refractivity contribution >= 4 is 33.4 Å². The highest BCUT2D eigenvalue weighted by molar-refractivity contribution is 9.10. The predicted octanol–water partition coefficient (Wildman–Crippen LogP) is 3.38. The fourth-order valence-corrected chi connectivity index (χ4v) is 2.05. The lowest BCUT2D eigenvalue weighted by Gasteiger charge is -2.07. The van der Waals surface area contributed by atoms with E-state index in [1.807, 2.05) is 0 Å². The Hall–Kier alpha value is -1.79. The summed E-state index contributed by atoms with van der Waals surface area (Å²) in [6.45, 7) is 0. The average molecular weight is 343 g/mol. The van der Waals surface area contributed by atoms with E-state index in [1.165, 1.54) is 0 Å².